The van der Waals surface area contributed by atoms with Gasteiger partial charge in [0.15, 0.2) is 0 Å². The number of hydrogen-bond acceptors (Lipinski definition) is 3. The van der Waals surface area contributed by atoms with Gasteiger partial charge in [-0.2, -0.15) is 18.4 Å². The highest BCUT2D eigenvalue weighted by atomic mass is 35.5. The maximum atomic E-state index is 13.1. The van der Waals surface area contributed by atoms with E-state index in [1.165, 1.54) is 18.2 Å². The van der Waals surface area contributed by atoms with Crippen molar-refractivity contribution in [1.82, 2.24) is 0 Å². The Morgan fingerprint density at radius 3 is 2.45 bits per heavy atom. The first kappa shape index (κ1) is 20.2. The van der Waals surface area contributed by atoms with Crippen LogP contribution >= 0.6 is 11.6 Å². The fourth-order valence-electron chi connectivity index (χ4n) is 2.56. The van der Waals surface area contributed by atoms with Gasteiger partial charge in [-0.3, -0.25) is 4.79 Å². The lowest BCUT2D eigenvalue weighted by atomic mass is 10.1. The van der Waals surface area contributed by atoms with Crippen molar-refractivity contribution < 1.29 is 22.4 Å². The van der Waals surface area contributed by atoms with E-state index in [-0.39, 0.29) is 5.76 Å². The molecule has 4 nitrogen and oxygen atoms in total. The van der Waals surface area contributed by atoms with Crippen molar-refractivity contribution in [2.24, 2.45) is 0 Å². The number of carbonyl (C=O) groups excluding carboxylic acids is 1. The van der Waals surface area contributed by atoms with Crippen LogP contribution in [0.15, 0.2) is 70.7 Å². The zero-order valence-electron chi connectivity index (χ0n) is 14.6. The lowest BCUT2D eigenvalue weighted by Crippen LogP contribution is -2.17. The Kier molecular flexibility index (Phi) is 5.76. The van der Waals surface area contributed by atoms with Gasteiger partial charge >= 0.3 is 6.18 Å². The van der Waals surface area contributed by atoms with Gasteiger partial charge in [-0.05, 0) is 36.4 Å². The minimum atomic E-state index is -4.65. The first-order valence-electron chi connectivity index (χ1n) is 8.23. The van der Waals surface area contributed by atoms with Gasteiger partial charge in [-0.25, -0.2) is 0 Å². The molecular formula is C21H12ClF3N2O2. The summed E-state index contributed by atoms with van der Waals surface area (Å²) < 4.78 is 44.8. The van der Waals surface area contributed by atoms with Crippen molar-refractivity contribution in [3.63, 3.8) is 0 Å². The van der Waals surface area contributed by atoms with Crippen LogP contribution in [0.5, 0.6) is 0 Å². The van der Waals surface area contributed by atoms with E-state index in [1.807, 2.05) is 0 Å². The second-order valence-electron chi connectivity index (χ2n) is 5.85. The molecule has 0 unspecified atom stereocenters. The number of carbonyl (C=O) groups is 1. The first-order chi connectivity index (χ1) is 13.8. The molecule has 0 aliphatic carbocycles. The molecule has 0 atom stereocenters. The Bertz CT molecular complexity index is 1130. The summed E-state index contributed by atoms with van der Waals surface area (Å²) in [6, 6.07) is 16.3. The van der Waals surface area contributed by atoms with Crippen LogP contribution in [0.3, 0.4) is 0 Å². The van der Waals surface area contributed by atoms with Crippen molar-refractivity contribution in [1.29, 1.82) is 5.26 Å². The van der Waals surface area contributed by atoms with Crippen LogP contribution in [0.1, 0.15) is 11.3 Å². The molecule has 0 aliphatic heterocycles. The molecule has 0 spiro atoms. The van der Waals surface area contributed by atoms with E-state index in [0.29, 0.717) is 16.3 Å². The molecule has 1 aromatic heterocycles. The maximum Gasteiger partial charge on any atom is 0.418 e. The van der Waals surface area contributed by atoms with Crippen molar-refractivity contribution >= 4 is 29.3 Å². The molecule has 1 N–H and O–H groups in total. The monoisotopic (exact) mass is 416 g/mol. The summed E-state index contributed by atoms with van der Waals surface area (Å²) in [7, 11) is 0. The molecule has 146 valence electrons. The number of alkyl halides is 3. The minimum absolute atomic E-state index is 0.177. The number of furan rings is 1. The van der Waals surface area contributed by atoms with E-state index in [4.69, 9.17) is 16.0 Å². The van der Waals surface area contributed by atoms with E-state index < -0.39 is 28.9 Å². The van der Waals surface area contributed by atoms with E-state index >= 15 is 0 Å². The largest absolute Gasteiger partial charge is 0.457 e. The molecule has 0 aliphatic rings. The smallest absolute Gasteiger partial charge is 0.418 e. The molecule has 0 bridgehead atoms. The SMILES string of the molecule is N#C/C(=C\c1ccc(-c2ccccc2Cl)o1)C(=O)Nc1ccccc1C(F)(F)F. The van der Waals surface area contributed by atoms with Gasteiger partial charge in [0.05, 0.1) is 16.3 Å². The second-order valence-corrected chi connectivity index (χ2v) is 6.26. The van der Waals surface area contributed by atoms with Crippen LogP contribution in [0.25, 0.3) is 17.4 Å². The molecule has 0 fully saturated rings. The maximum absolute atomic E-state index is 13.1. The molecule has 2 aromatic carbocycles. The summed E-state index contributed by atoms with van der Waals surface area (Å²) >= 11 is 6.11. The Morgan fingerprint density at radius 2 is 1.76 bits per heavy atom. The summed E-state index contributed by atoms with van der Waals surface area (Å²) in [6.45, 7) is 0. The third-order valence-corrected chi connectivity index (χ3v) is 4.23. The quantitative estimate of drug-likeness (QED) is 0.409. The third kappa shape index (κ3) is 4.68. The van der Waals surface area contributed by atoms with E-state index in [9.17, 15) is 23.2 Å². The van der Waals surface area contributed by atoms with Crippen molar-refractivity contribution in [2.75, 3.05) is 5.32 Å². The van der Waals surface area contributed by atoms with Crippen LogP contribution in [0, 0.1) is 11.3 Å². The summed E-state index contributed by atoms with van der Waals surface area (Å²) in [5.74, 6) is -0.391. The molecule has 3 aromatic rings. The predicted octanol–water partition coefficient (Wildman–Crippen LogP) is 6.16. The lowest BCUT2D eigenvalue weighted by molar-refractivity contribution is -0.137. The van der Waals surface area contributed by atoms with Gasteiger partial charge in [0.1, 0.15) is 23.2 Å². The topological polar surface area (TPSA) is 66.0 Å². The van der Waals surface area contributed by atoms with E-state index in [1.54, 1.807) is 36.4 Å². The van der Waals surface area contributed by atoms with Crippen LogP contribution in [0.2, 0.25) is 5.02 Å². The van der Waals surface area contributed by atoms with Crippen molar-refractivity contribution in [3.05, 3.63) is 82.6 Å². The molecule has 0 saturated carbocycles. The lowest BCUT2D eigenvalue weighted by Gasteiger charge is -2.13. The van der Waals surface area contributed by atoms with Crippen LogP contribution in [0.4, 0.5) is 18.9 Å². The highest BCUT2D eigenvalue weighted by Crippen LogP contribution is 2.35. The summed E-state index contributed by atoms with van der Waals surface area (Å²) in [5, 5.41) is 11.8. The molecule has 1 amide bonds. The van der Waals surface area contributed by atoms with Gasteiger partial charge in [0.25, 0.3) is 5.91 Å². The number of nitrogens with one attached hydrogen (secondary N) is 1. The Labute approximate surface area is 168 Å². The Hall–Kier alpha value is -3.50. The normalized spacial score (nSPS) is 11.8. The first-order valence-corrected chi connectivity index (χ1v) is 8.61. The van der Waals surface area contributed by atoms with Gasteiger partial charge in [-0.1, -0.05) is 35.9 Å². The predicted molar refractivity (Wildman–Crippen MR) is 103 cm³/mol. The van der Waals surface area contributed by atoms with E-state index in [0.717, 1.165) is 18.2 Å². The summed E-state index contributed by atoms with van der Waals surface area (Å²) in [4.78, 5) is 12.3. The molecule has 0 radical (unpaired) electrons. The number of amides is 1. The zero-order chi connectivity index (χ0) is 21.0. The Balaban J connectivity index is 1.86. The third-order valence-electron chi connectivity index (χ3n) is 3.90. The number of benzene rings is 2. The fourth-order valence-corrected chi connectivity index (χ4v) is 2.78. The molecule has 29 heavy (non-hydrogen) atoms. The molecule has 3 rings (SSSR count). The van der Waals surface area contributed by atoms with E-state index in [2.05, 4.69) is 5.32 Å². The molecule has 0 saturated heterocycles. The number of halogens is 4. The number of para-hydroxylation sites is 1. The van der Waals surface area contributed by atoms with Crippen LogP contribution < -0.4 is 5.32 Å². The summed E-state index contributed by atoms with van der Waals surface area (Å²) in [6.07, 6.45) is -3.50. The molecule has 1 heterocycles. The van der Waals surface area contributed by atoms with Crippen LogP contribution in [-0.2, 0) is 11.0 Å². The minimum Gasteiger partial charge on any atom is -0.457 e. The summed E-state index contributed by atoms with van der Waals surface area (Å²) in [5.41, 5.74) is -1.25. The fraction of sp³-hybridized carbons (Fsp3) is 0.0476. The number of hydrogen-bond donors (Lipinski definition) is 1. The highest BCUT2D eigenvalue weighted by molar-refractivity contribution is 6.33. The van der Waals surface area contributed by atoms with Gasteiger partial charge < -0.3 is 9.73 Å². The Morgan fingerprint density at radius 1 is 1.07 bits per heavy atom. The second kappa shape index (κ2) is 8.25. The number of nitriles is 1. The van der Waals surface area contributed by atoms with Crippen molar-refractivity contribution in [3.8, 4) is 17.4 Å². The average Bonchev–Trinajstić information content (AvgIpc) is 3.14. The van der Waals surface area contributed by atoms with Gasteiger partial charge in [-0.15, -0.1) is 0 Å². The van der Waals surface area contributed by atoms with Gasteiger partial charge in [0.2, 0.25) is 0 Å². The number of nitrogens with zero attached hydrogens (tertiary/aromatic N) is 1. The molecule has 8 heteroatoms. The molecular weight excluding hydrogens is 405 g/mol. The number of rotatable bonds is 4. The van der Waals surface area contributed by atoms with Crippen molar-refractivity contribution in [2.45, 2.75) is 6.18 Å². The number of anilines is 1. The zero-order valence-corrected chi connectivity index (χ0v) is 15.4. The standard InChI is InChI=1S/C21H12ClF3N2O2/c22-17-7-3-1-5-15(17)19-10-9-14(29-19)11-13(12-26)20(28)27-18-8-4-2-6-16(18)21(23,24)25/h1-11H,(H,27,28)/b13-11+. The average molecular weight is 417 g/mol. The van der Waals surface area contributed by atoms with Gasteiger partial charge in [0, 0.05) is 11.6 Å². The highest BCUT2D eigenvalue weighted by Gasteiger charge is 2.33. The van der Waals surface area contributed by atoms with Crippen LogP contribution in [-0.4, -0.2) is 5.91 Å².